The van der Waals surface area contributed by atoms with Gasteiger partial charge in [-0.1, -0.05) is 6.07 Å². The molecule has 4 nitrogen and oxygen atoms in total. The van der Waals surface area contributed by atoms with Gasteiger partial charge in [0.15, 0.2) is 5.78 Å². The quantitative estimate of drug-likeness (QED) is 0.678. The molecule has 0 amide bonds. The first-order valence-electron chi connectivity index (χ1n) is 6.22. The number of Topliss-reactive ketones (excluding diaryl/α,β-unsaturated/α-hetero) is 1. The molecule has 2 heterocycles. The van der Waals surface area contributed by atoms with Gasteiger partial charge in [-0.05, 0) is 37.3 Å². The molecule has 0 aliphatic heterocycles. The molecule has 0 radical (unpaired) electrons. The third kappa shape index (κ3) is 2.36. The lowest BCUT2D eigenvalue weighted by atomic mass is 10.2. The van der Waals surface area contributed by atoms with Gasteiger partial charge in [0, 0.05) is 29.4 Å². The van der Waals surface area contributed by atoms with Gasteiger partial charge in [0.2, 0.25) is 5.88 Å². The van der Waals surface area contributed by atoms with Crippen LogP contribution in [-0.2, 0) is 0 Å². The summed E-state index contributed by atoms with van der Waals surface area (Å²) in [6.07, 6.45) is 3.26. The highest BCUT2D eigenvalue weighted by Gasteiger charge is 2.05. The zero-order valence-corrected chi connectivity index (χ0v) is 10.9. The number of ketones is 1. The fourth-order valence-corrected chi connectivity index (χ4v) is 1.93. The third-order valence-corrected chi connectivity index (χ3v) is 2.96. The number of aromatic nitrogens is 2. The molecule has 98 valence electrons. The van der Waals surface area contributed by atoms with E-state index in [1.807, 2.05) is 30.3 Å². The second-order valence-corrected chi connectivity index (χ2v) is 4.37. The van der Waals surface area contributed by atoms with Crippen molar-refractivity contribution >= 4 is 16.7 Å². The largest absolute Gasteiger partial charge is 0.438 e. The predicted octanol–water partition coefficient (Wildman–Crippen LogP) is 3.62. The Balaban J connectivity index is 1.95. The van der Waals surface area contributed by atoms with Crippen LogP contribution in [0.15, 0.2) is 54.9 Å². The molecule has 20 heavy (non-hydrogen) atoms. The molecular weight excluding hydrogens is 252 g/mol. The van der Waals surface area contributed by atoms with Gasteiger partial charge in [0.25, 0.3) is 0 Å². The monoisotopic (exact) mass is 264 g/mol. The first kappa shape index (κ1) is 12.3. The van der Waals surface area contributed by atoms with Crippen LogP contribution in [0.1, 0.15) is 17.3 Å². The fraction of sp³-hybridized carbons (Fsp3) is 0.0625. The summed E-state index contributed by atoms with van der Waals surface area (Å²) in [5, 5.41) is 0.924. The van der Waals surface area contributed by atoms with E-state index in [0.29, 0.717) is 17.2 Å². The summed E-state index contributed by atoms with van der Waals surface area (Å²) >= 11 is 0. The number of carbonyl (C=O) groups is 1. The number of ether oxygens (including phenoxy) is 1. The molecule has 0 saturated carbocycles. The smallest absolute Gasteiger partial charge is 0.219 e. The molecule has 0 unspecified atom stereocenters. The molecule has 4 heteroatoms. The van der Waals surface area contributed by atoms with E-state index in [4.69, 9.17) is 4.74 Å². The Morgan fingerprint density at radius 2 is 1.95 bits per heavy atom. The minimum Gasteiger partial charge on any atom is -0.438 e. The third-order valence-electron chi connectivity index (χ3n) is 2.96. The lowest BCUT2D eigenvalue weighted by Gasteiger charge is -2.07. The molecular formula is C16H12N2O2. The van der Waals surface area contributed by atoms with Crippen molar-refractivity contribution in [3.05, 3.63) is 60.4 Å². The average molecular weight is 264 g/mol. The highest BCUT2D eigenvalue weighted by atomic mass is 16.5. The number of hydrogen-bond donors (Lipinski definition) is 0. The first-order chi connectivity index (χ1) is 9.74. The van der Waals surface area contributed by atoms with Crippen LogP contribution < -0.4 is 4.74 Å². The Labute approximate surface area is 116 Å². The van der Waals surface area contributed by atoms with Crippen molar-refractivity contribution in [3.8, 4) is 11.6 Å². The number of benzene rings is 1. The summed E-state index contributed by atoms with van der Waals surface area (Å²) in [5.41, 5.74) is 1.43. The van der Waals surface area contributed by atoms with E-state index in [0.717, 1.165) is 10.9 Å². The molecule has 1 aromatic carbocycles. The summed E-state index contributed by atoms with van der Waals surface area (Å²) < 4.78 is 5.76. The Morgan fingerprint density at radius 1 is 1.05 bits per heavy atom. The summed E-state index contributed by atoms with van der Waals surface area (Å²) in [5.74, 6) is 1.13. The van der Waals surface area contributed by atoms with E-state index in [1.54, 1.807) is 18.3 Å². The van der Waals surface area contributed by atoms with E-state index in [1.165, 1.54) is 13.1 Å². The Bertz CT molecular complexity index is 762. The standard InChI is InChI=1S/C16H12N2O2/c1-11(19)12-7-8-16(18-10-12)20-15-6-2-5-14-13(15)4-3-9-17-14/h2-10H,1H3. The van der Waals surface area contributed by atoms with Gasteiger partial charge in [0.05, 0.1) is 5.52 Å². The van der Waals surface area contributed by atoms with Crippen molar-refractivity contribution in [2.24, 2.45) is 0 Å². The number of fused-ring (bicyclic) bond motifs is 1. The minimum atomic E-state index is -0.0154. The van der Waals surface area contributed by atoms with E-state index in [-0.39, 0.29) is 5.78 Å². The van der Waals surface area contributed by atoms with Crippen molar-refractivity contribution < 1.29 is 9.53 Å². The Kier molecular flexibility index (Phi) is 3.13. The number of pyridine rings is 2. The van der Waals surface area contributed by atoms with Gasteiger partial charge in [0.1, 0.15) is 5.75 Å². The summed E-state index contributed by atoms with van der Waals surface area (Å²) in [4.78, 5) is 19.6. The molecule has 3 rings (SSSR count). The molecule has 0 fully saturated rings. The lowest BCUT2D eigenvalue weighted by molar-refractivity contribution is 0.101. The molecule has 2 aromatic heterocycles. The van der Waals surface area contributed by atoms with Crippen molar-refractivity contribution in [2.75, 3.05) is 0 Å². The van der Waals surface area contributed by atoms with Crippen LogP contribution >= 0.6 is 0 Å². The maximum atomic E-state index is 11.2. The zero-order chi connectivity index (χ0) is 13.9. The van der Waals surface area contributed by atoms with Gasteiger partial charge in [-0.2, -0.15) is 0 Å². The van der Waals surface area contributed by atoms with Crippen molar-refractivity contribution in [1.29, 1.82) is 0 Å². The Morgan fingerprint density at radius 3 is 2.70 bits per heavy atom. The van der Waals surface area contributed by atoms with Gasteiger partial charge in [-0.3, -0.25) is 9.78 Å². The minimum absolute atomic E-state index is 0.0154. The average Bonchev–Trinajstić information content (AvgIpc) is 2.48. The van der Waals surface area contributed by atoms with Crippen LogP contribution in [0, 0.1) is 0 Å². The summed E-state index contributed by atoms with van der Waals surface area (Å²) in [6, 6.07) is 12.9. The molecule has 0 atom stereocenters. The topological polar surface area (TPSA) is 52.1 Å². The van der Waals surface area contributed by atoms with Gasteiger partial charge >= 0.3 is 0 Å². The van der Waals surface area contributed by atoms with Crippen LogP contribution in [-0.4, -0.2) is 15.8 Å². The number of rotatable bonds is 3. The van der Waals surface area contributed by atoms with Gasteiger partial charge in [-0.15, -0.1) is 0 Å². The van der Waals surface area contributed by atoms with Gasteiger partial charge < -0.3 is 4.74 Å². The molecule has 3 aromatic rings. The maximum absolute atomic E-state index is 11.2. The number of nitrogens with zero attached hydrogens (tertiary/aromatic N) is 2. The summed E-state index contributed by atoms with van der Waals surface area (Å²) in [7, 11) is 0. The lowest BCUT2D eigenvalue weighted by Crippen LogP contribution is -1.94. The van der Waals surface area contributed by atoms with Crippen LogP contribution in [0.25, 0.3) is 10.9 Å². The van der Waals surface area contributed by atoms with Crippen LogP contribution in [0.2, 0.25) is 0 Å². The highest BCUT2D eigenvalue weighted by molar-refractivity contribution is 5.93. The van der Waals surface area contributed by atoms with E-state index >= 15 is 0 Å². The number of carbonyl (C=O) groups excluding carboxylic acids is 1. The van der Waals surface area contributed by atoms with Crippen LogP contribution in [0.3, 0.4) is 0 Å². The summed E-state index contributed by atoms with van der Waals surface area (Å²) in [6.45, 7) is 1.51. The zero-order valence-electron chi connectivity index (χ0n) is 10.9. The Hall–Kier alpha value is -2.75. The molecule has 0 aliphatic carbocycles. The SMILES string of the molecule is CC(=O)c1ccc(Oc2cccc3ncccc23)nc1. The molecule has 0 saturated heterocycles. The van der Waals surface area contributed by atoms with Crippen molar-refractivity contribution in [3.63, 3.8) is 0 Å². The molecule has 0 bridgehead atoms. The molecule has 0 N–H and O–H groups in total. The van der Waals surface area contributed by atoms with Crippen LogP contribution in [0.5, 0.6) is 11.6 Å². The van der Waals surface area contributed by atoms with Crippen LogP contribution in [0.4, 0.5) is 0 Å². The fourth-order valence-electron chi connectivity index (χ4n) is 1.93. The molecule has 0 aliphatic rings. The van der Waals surface area contributed by atoms with E-state index < -0.39 is 0 Å². The van der Waals surface area contributed by atoms with Crippen molar-refractivity contribution in [2.45, 2.75) is 6.92 Å². The highest BCUT2D eigenvalue weighted by Crippen LogP contribution is 2.27. The normalized spacial score (nSPS) is 10.4. The van der Waals surface area contributed by atoms with Crippen molar-refractivity contribution in [1.82, 2.24) is 9.97 Å². The van der Waals surface area contributed by atoms with E-state index in [9.17, 15) is 4.79 Å². The maximum Gasteiger partial charge on any atom is 0.219 e. The van der Waals surface area contributed by atoms with Gasteiger partial charge in [-0.25, -0.2) is 4.98 Å². The molecule has 0 spiro atoms. The van der Waals surface area contributed by atoms with E-state index in [2.05, 4.69) is 9.97 Å². The number of hydrogen-bond acceptors (Lipinski definition) is 4. The second kappa shape index (κ2) is 5.09. The second-order valence-electron chi connectivity index (χ2n) is 4.37. The predicted molar refractivity (Wildman–Crippen MR) is 76.1 cm³/mol. The first-order valence-corrected chi connectivity index (χ1v) is 6.22.